The van der Waals surface area contributed by atoms with Gasteiger partial charge in [0.25, 0.3) is 0 Å². The van der Waals surface area contributed by atoms with Crippen LogP contribution in [0.4, 0.5) is 0 Å². The third-order valence-electron chi connectivity index (χ3n) is 3.10. The van der Waals surface area contributed by atoms with Crippen molar-refractivity contribution in [3.05, 3.63) is 17.7 Å². The number of hydrogen-bond donors (Lipinski definition) is 0. The highest BCUT2D eigenvalue weighted by atomic mass is 28.4. The molecule has 0 saturated carbocycles. The van der Waals surface area contributed by atoms with Crippen molar-refractivity contribution in [2.45, 2.75) is 6.04 Å². The molecule has 0 fully saturated rings. The zero-order valence-corrected chi connectivity index (χ0v) is 13.8. The molecule has 0 spiro atoms. The number of rotatable bonds is 8. The molecular formula is C13H22O6Si. The van der Waals surface area contributed by atoms with Gasteiger partial charge in [0.1, 0.15) is 5.75 Å². The van der Waals surface area contributed by atoms with Crippen molar-refractivity contribution in [1.82, 2.24) is 0 Å². The van der Waals surface area contributed by atoms with Gasteiger partial charge >= 0.3 is 8.80 Å². The fourth-order valence-electron chi connectivity index (χ4n) is 1.96. The highest BCUT2D eigenvalue weighted by Gasteiger charge is 2.39. The molecule has 0 radical (unpaired) electrons. The van der Waals surface area contributed by atoms with E-state index in [0.717, 1.165) is 5.56 Å². The Hall–Kier alpha value is -1.28. The van der Waals surface area contributed by atoms with Gasteiger partial charge in [-0.1, -0.05) is 0 Å². The molecule has 1 aromatic rings. The SMILES string of the molecule is COc1cc(C[Si](OC)(OC)OC)c(OC)c(OC)c1. The van der Waals surface area contributed by atoms with E-state index in [-0.39, 0.29) is 0 Å². The van der Waals surface area contributed by atoms with Crippen LogP contribution in [0.25, 0.3) is 0 Å². The van der Waals surface area contributed by atoms with Gasteiger partial charge in [-0.3, -0.25) is 0 Å². The van der Waals surface area contributed by atoms with E-state index in [2.05, 4.69) is 0 Å². The molecule has 6 nitrogen and oxygen atoms in total. The number of methoxy groups -OCH3 is 3. The first kappa shape index (κ1) is 16.8. The third-order valence-corrected chi connectivity index (χ3v) is 5.78. The molecule has 0 saturated heterocycles. The molecular weight excluding hydrogens is 280 g/mol. The van der Waals surface area contributed by atoms with Gasteiger partial charge in [-0.05, 0) is 6.07 Å². The van der Waals surface area contributed by atoms with E-state index in [1.165, 1.54) is 0 Å². The number of hydrogen-bond acceptors (Lipinski definition) is 6. The topological polar surface area (TPSA) is 55.4 Å². The van der Waals surface area contributed by atoms with Crippen LogP contribution < -0.4 is 14.2 Å². The largest absolute Gasteiger partial charge is 0.504 e. The smallest absolute Gasteiger partial charge is 0.497 e. The molecule has 1 aromatic carbocycles. The quantitative estimate of drug-likeness (QED) is 0.681. The summed E-state index contributed by atoms with van der Waals surface area (Å²) >= 11 is 0. The van der Waals surface area contributed by atoms with Crippen LogP contribution in [0.15, 0.2) is 12.1 Å². The van der Waals surface area contributed by atoms with Crippen LogP contribution >= 0.6 is 0 Å². The molecule has 0 aliphatic heterocycles. The monoisotopic (exact) mass is 302 g/mol. The zero-order valence-electron chi connectivity index (χ0n) is 12.8. The standard InChI is InChI=1S/C13H22O6Si/c1-14-11-7-10(9-20(17-4,18-5)19-6)13(16-3)12(8-11)15-2/h7-8H,9H2,1-6H3. The summed E-state index contributed by atoms with van der Waals surface area (Å²) in [4.78, 5) is 0. The van der Waals surface area contributed by atoms with E-state index in [1.54, 1.807) is 48.7 Å². The summed E-state index contributed by atoms with van der Waals surface area (Å²) in [7, 11) is 6.71. The Morgan fingerprint density at radius 3 is 1.80 bits per heavy atom. The van der Waals surface area contributed by atoms with Crippen LogP contribution in [-0.2, 0) is 19.3 Å². The molecule has 0 aromatic heterocycles. The van der Waals surface area contributed by atoms with Gasteiger partial charge in [0.2, 0.25) is 0 Å². The Morgan fingerprint density at radius 1 is 0.800 bits per heavy atom. The van der Waals surface area contributed by atoms with Gasteiger partial charge in [-0.2, -0.15) is 0 Å². The highest BCUT2D eigenvalue weighted by Crippen LogP contribution is 2.37. The first-order valence-electron chi connectivity index (χ1n) is 6.04. The van der Waals surface area contributed by atoms with Crippen LogP contribution in [0.1, 0.15) is 5.56 Å². The minimum atomic E-state index is -2.77. The van der Waals surface area contributed by atoms with E-state index >= 15 is 0 Å². The molecule has 0 aliphatic rings. The van der Waals surface area contributed by atoms with Crippen LogP contribution in [0.5, 0.6) is 17.2 Å². The molecule has 0 N–H and O–H groups in total. The highest BCUT2D eigenvalue weighted by molar-refractivity contribution is 6.60. The van der Waals surface area contributed by atoms with Crippen molar-refractivity contribution in [3.63, 3.8) is 0 Å². The van der Waals surface area contributed by atoms with Crippen molar-refractivity contribution < 1.29 is 27.5 Å². The molecule has 114 valence electrons. The Morgan fingerprint density at radius 2 is 1.40 bits per heavy atom. The summed E-state index contributed by atoms with van der Waals surface area (Å²) in [6.45, 7) is 0. The Balaban J connectivity index is 3.27. The second-order valence-electron chi connectivity index (χ2n) is 3.99. The molecule has 0 atom stereocenters. The minimum Gasteiger partial charge on any atom is -0.497 e. The third kappa shape index (κ3) is 3.43. The van der Waals surface area contributed by atoms with Gasteiger partial charge in [-0.25, -0.2) is 0 Å². The predicted molar refractivity (Wildman–Crippen MR) is 76.6 cm³/mol. The van der Waals surface area contributed by atoms with Crippen molar-refractivity contribution in [3.8, 4) is 17.2 Å². The van der Waals surface area contributed by atoms with Gasteiger partial charge < -0.3 is 27.5 Å². The van der Waals surface area contributed by atoms with E-state index < -0.39 is 8.80 Å². The molecule has 0 bridgehead atoms. The van der Waals surface area contributed by atoms with Crippen LogP contribution in [0.2, 0.25) is 0 Å². The molecule has 0 unspecified atom stereocenters. The Bertz CT molecular complexity index is 425. The second-order valence-corrected chi connectivity index (χ2v) is 6.94. The van der Waals surface area contributed by atoms with Crippen molar-refractivity contribution in [1.29, 1.82) is 0 Å². The lowest BCUT2D eigenvalue weighted by atomic mass is 10.2. The summed E-state index contributed by atoms with van der Waals surface area (Å²) in [6, 6.07) is 4.07. The summed E-state index contributed by atoms with van der Waals surface area (Å²) in [5.41, 5.74) is 0.848. The predicted octanol–water partition coefficient (Wildman–Crippen LogP) is 1.67. The first-order valence-corrected chi connectivity index (χ1v) is 7.97. The summed E-state index contributed by atoms with van der Waals surface area (Å²) < 4.78 is 32.3. The fraction of sp³-hybridized carbons (Fsp3) is 0.538. The van der Waals surface area contributed by atoms with Gasteiger partial charge in [0.05, 0.1) is 21.3 Å². The maximum absolute atomic E-state index is 5.44. The van der Waals surface area contributed by atoms with E-state index in [4.69, 9.17) is 27.5 Å². The first-order chi connectivity index (χ1) is 9.59. The normalized spacial score (nSPS) is 11.3. The van der Waals surface area contributed by atoms with Crippen LogP contribution in [0.3, 0.4) is 0 Å². The minimum absolute atomic E-state index is 0.452. The molecule has 0 aliphatic carbocycles. The molecule has 20 heavy (non-hydrogen) atoms. The summed E-state index contributed by atoms with van der Waals surface area (Å²) in [5, 5.41) is 0. The van der Waals surface area contributed by atoms with Crippen molar-refractivity contribution in [2.75, 3.05) is 42.7 Å². The van der Waals surface area contributed by atoms with E-state index in [9.17, 15) is 0 Å². The summed E-state index contributed by atoms with van der Waals surface area (Å²) in [6.07, 6.45) is 0. The van der Waals surface area contributed by atoms with Crippen LogP contribution in [0, 0.1) is 0 Å². The molecule has 0 amide bonds. The van der Waals surface area contributed by atoms with Crippen molar-refractivity contribution in [2.24, 2.45) is 0 Å². The molecule has 7 heteroatoms. The molecule has 0 heterocycles. The Labute approximate surface area is 120 Å². The maximum atomic E-state index is 5.44. The zero-order chi connectivity index (χ0) is 15.2. The maximum Gasteiger partial charge on any atom is 0.504 e. The summed E-state index contributed by atoms with van der Waals surface area (Å²) in [5.74, 6) is 1.88. The number of benzene rings is 1. The van der Waals surface area contributed by atoms with Crippen LogP contribution in [-0.4, -0.2) is 51.5 Å². The lowest BCUT2D eigenvalue weighted by molar-refractivity contribution is 0.122. The van der Waals surface area contributed by atoms with E-state index in [0.29, 0.717) is 23.3 Å². The van der Waals surface area contributed by atoms with Crippen molar-refractivity contribution >= 4 is 8.80 Å². The number of ether oxygens (including phenoxy) is 3. The average Bonchev–Trinajstić information content (AvgIpc) is 2.51. The second kappa shape index (κ2) is 7.49. The van der Waals surface area contributed by atoms with Gasteiger partial charge in [0.15, 0.2) is 11.5 Å². The average molecular weight is 302 g/mol. The Kier molecular flexibility index (Phi) is 6.28. The lowest BCUT2D eigenvalue weighted by Crippen LogP contribution is -2.45. The lowest BCUT2D eigenvalue weighted by Gasteiger charge is -2.25. The van der Waals surface area contributed by atoms with Gasteiger partial charge in [0, 0.05) is 39.0 Å². The fourth-order valence-corrected chi connectivity index (χ4v) is 3.63. The van der Waals surface area contributed by atoms with Gasteiger partial charge in [-0.15, -0.1) is 0 Å². The molecule has 1 rings (SSSR count). The van der Waals surface area contributed by atoms with E-state index in [1.807, 2.05) is 6.07 Å².